The fourth-order valence-corrected chi connectivity index (χ4v) is 3.18. The minimum atomic E-state index is -0.309. The standard InChI is InChI=1S/C17H22N2O3/c1-12-5-6-15-14(8-12)19(11-17(21)22-15)10-16(20)18-7-3-4-13(2)9-18/h5-6,8,13H,3-4,7,9-11H2,1-2H3. The van der Waals surface area contributed by atoms with E-state index >= 15 is 0 Å². The first-order chi connectivity index (χ1) is 10.5. The van der Waals surface area contributed by atoms with Gasteiger partial charge in [-0.3, -0.25) is 4.79 Å². The molecule has 2 heterocycles. The van der Waals surface area contributed by atoms with Crippen molar-refractivity contribution in [2.24, 2.45) is 5.92 Å². The predicted molar refractivity (Wildman–Crippen MR) is 84.0 cm³/mol. The number of amides is 1. The summed E-state index contributed by atoms with van der Waals surface area (Å²) in [5.74, 6) is 0.880. The zero-order valence-electron chi connectivity index (χ0n) is 13.2. The Morgan fingerprint density at radius 2 is 2.23 bits per heavy atom. The third kappa shape index (κ3) is 3.08. The third-order valence-electron chi connectivity index (χ3n) is 4.33. The summed E-state index contributed by atoms with van der Waals surface area (Å²) in [5.41, 5.74) is 1.92. The van der Waals surface area contributed by atoms with Crippen LogP contribution >= 0.6 is 0 Å². The molecule has 5 heteroatoms. The first kappa shape index (κ1) is 14.9. The number of hydrogen-bond acceptors (Lipinski definition) is 4. The number of ether oxygens (including phenoxy) is 1. The highest BCUT2D eigenvalue weighted by Crippen LogP contribution is 2.32. The highest BCUT2D eigenvalue weighted by molar-refractivity contribution is 5.89. The minimum absolute atomic E-state index is 0.0914. The quantitative estimate of drug-likeness (QED) is 0.619. The maximum atomic E-state index is 12.5. The topological polar surface area (TPSA) is 49.9 Å². The summed E-state index contributed by atoms with van der Waals surface area (Å²) in [5, 5.41) is 0. The molecule has 0 saturated carbocycles. The number of benzene rings is 1. The van der Waals surface area contributed by atoms with Crippen molar-refractivity contribution in [3.8, 4) is 5.75 Å². The van der Waals surface area contributed by atoms with Crippen LogP contribution in [0, 0.1) is 12.8 Å². The Balaban J connectivity index is 1.76. The van der Waals surface area contributed by atoms with Crippen LogP contribution in [0.1, 0.15) is 25.3 Å². The fraction of sp³-hybridized carbons (Fsp3) is 0.529. The zero-order chi connectivity index (χ0) is 15.7. The number of aryl methyl sites for hydroxylation is 1. The van der Waals surface area contributed by atoms with Gasteiger partial charge in [0.2, 0.25) is 5.91 Å². The second-order valence-corrected chi connectivity index (χ2v) is 6.39. The smallest absolute Gasteiger partial charge is 0.331 e. The van der Waals surface area contributed by atoms with E-state index in [2.05, 4.69) is 6.92 Å². The van der Waals surface area contributed by atoms with E-state index in [1.807, 2.05) is 28.9 Å². The molecule has 118 valence electrons. The average molecular weight is 302 g/mol. The number of nitrogens with zero attached hydrogens (tertiary/aromatic N) is 2. The molecule has 22 heavy (non-hydrogen) atoms. The van der Waals surface area contributed by atoms with Gasteiger partial charge in [-0.15, -0.1) is 0 Å². The number of carbonyl (C=O) groups excluding carboxylic acids is 2. The molecule has 2 aliphatic rings. The molecular weight excluding hydrogens is 280 g/mol. The molecule has 1 fully saturated rings. The van der Waals surface area contributed by atoms with E-state index in [1.165, 1.54) is 6.42 Å². The molecule has 1 amide bonds. The van der Waals surface area contributed by atoms with E-state index < -0.39 is 0 Å². The molecule has 1 unspecified atom stereocenters. The molecule has 0 aliphatic carbocycles. The van der Waals surface area contributed by atoms with Crippen molar-refractivity contribution in [3.63, 3.8) is 0 Å². The minimum Gasteiger partial charge on any atom is -0.423 e. The van der Waals surface area contributed by atoms with Gasteiger partial charge in [0.05, 0.1) is 12.2 Å². The van der Waals surface area contributed by atoms with E-state index in [0.717, 1.165) is 30.8 Å². The molecule has 1 aromatic rings. The van der Waals surface area contributed by atoms with E-state index in [9.17, 15) is 9.59 Å². The van der Waals surface area contributed by atoms with Crippen LogP contribution in [-0.2, 0) is 9.59 Å². The van der Waals surface area contributed by atoms with Crippen LogP contribution in [0.4, 0.5) is 5.69 Å². The van der Waals surface area contributed by atoms with Crippen molar-refractivity contribution < 1.29 is 14.3 Å². The van der Waals surface area contributed by atoms with E-state index in [-0.39, 0.29) is 25.0 Å². The van der Waals surface area contributed by atoms with E-state index in [0.29, 0.717) is 11.7 Å². The number of likely N-dealkylation sites (tertiary alicyclic amines) is 1. The predicted octanol–water partition coefficient (Wildman–Crippen LogP) is 1.98. The lowest BCUT2D eigenvalue weighted by molar-refractivity contribution is -0.134. The monoisotopic (exact) mass is 302 g/mol. The lowest BCUT2D eigenvalue weighted by atomic mass is 10.0. The molecule has 0 spiro atoms. The summed E-state index contributed by atoms with van der Waals surface area (Å²) >= 11 is 0. The van der Waals surface area contributed by atoms with Gasteiger partial charge in [-0.05, 0) is 43.4 Å². The Kier molecular flexibility index (Phi) is 4.05. The highest BCUT2D eigenvalue weighted by Gasteiger charge is 2.28. The number of piperidine rings is 1. The SMILES string of the molecule is Cc1ccc2c(c1)N(CC(=O)N1CCCC(C)C1)CC(=O)O2. The van der Waals surface area contributed by atoms with Crippen LogP contribution in [0.5, 0.6) is 5.75 Å². The second kappa shape index (κ2) is 5.99. The maximum absolute atomic E-state index is 12.5. The normalized spacial score (nSPS) is 21.4. The van der Waals surface area contributed by atoms with Crippen molar-refractivity contribution in [3.05, 3.63) is 23.8 Å². The first-order valence-corrected chi connectivity index (χ1v) is 7.87. The molecule has 1 atom stereocenters. The van der Waals surface area contributed by atoms with Crippen LogP contribution < -0.4 is 9.64 Å². The summed E-state index contributed by atoms with van der Waals surface area (Å²) in [4.78, 5) is 28.0. The van der Waals surface area contributed by atoms with Gasteiger partial charge in [-0.25, -0.2) is 4.79 Å². The van der Waals surface area contributed by atoms with Crippen LogP contribution in [0.3, 0.4) is 0 Å². The van der Waals surface area contributed by atoms with Crippen LogP contribution in [0.25, 0.3) is 0 Å². The van der Waals surface area contributed by atoms with Crippen LogP contribution in [0.2, 0.25) is 0 Å². The van der Waals surface area contributed by atoms with Gasteiger partial charge in [0.25, 0.3) is 0 Å². The van der Waals surface area contributed by atoms with Crippen molar-refractivity contribution in [1.82, 2.24) is 4.90 Å². The van der Waals surface area contributed by atoms with Gasteiger partial charge in [0, 0.05) is 13.1 Å². The van der Waals surface area contributed by atoms with Crippen molar-refractivity contribution in [2.75, 3.05) is 31.1 Å². The third-order valence-corrected chi connectivity index (χ3v) is 4.33. The van der Waals surface area contributed by atoms with Crippen LogP contribution in [-0.4, -0.2) is 43.0 Å². The summed E-state index contributed by atoms with van der Waals surface area (Å²) in [6.45, 7) is 6.17. The van der Waals surface area contributed by atoms with Crippen LogP contribution in [0.15, 0.2) is 18.2 Å². The number of esters is 1. The van der Waals surface area contributed by atoms with E-state index in [4.69, 9.17) is 4.74 Å². The highest BCUT2D eigenvalue weighted by atomic mass is 16.5. The number of fused-ring (bicyclic) bond motifs is 1. The van der Waals surface area contributed by atoms with Gasteiger partial charge in [-0.1, -0.05) is 13.0 Å². The Morgan fingerprint density at radius 1 is 1.41 bits per heavy atom. The Hall–Kier alpha value is -2.04. The number of carbonyl (C=O) groups is 2. The molecule has 2 aliphatic heterocycles. The summed E-state index contributed by atoms with van der Waals surface area (Å²) in [6.07, 6.45) is 2.24. The second-order valence-electron chi connectivity index (χ2n) is 6.39. The van der Waals surface area contributed by atoms with Gasteiger partial charge in [0.15, 0.2) is 5.75 Å². The van der Waals surface area contributed by atoms with Crippen molar-refractivity contribution in [2.45, 2.75) is 26.7 Å². The number of anilines is 1. The summed E-state index contributed by atoms with van der Waals surface area (Å²) < 4.78 is 5.26. The summed E-state index contributed by atoms with van der Waals surface area (Å²) in [6, 6.07) is 5.67. The Labute approximate surface area is 130 Å². The lowest BCUT2D eigenvalue weighted by Crippen LogP contribution is -2.47. The van der Waals surface area contributed by atoms with Crippen molar-refractivity contribution >= 4 is 17.6 Å². The zero-order valence-corrected chi connectivity index (χ0v) is 13.2. The Bertz CT molecular complexity index is 600. The van der Waals surface area contributed by atoms with Crippen molar-refractivity contribution in [1.29, 1.82) is 0 Å². The molecular formula is C17H22N2O3. The van der Waals surface area contributed by atoms with Gasteiger partial charge < -0.3 is 14.5 Å². The molecule has 0 bridgehead atoms. The Morgan fingerprint density at radius 3 is 3.00 bits per heavy atom. The molecule has 1 aromatic carbocycles. The average Bonchev–Trinajstić information content (AvgIpc) is 2.48. The van der Waals surface area contributed by atoms with E-state index in [1.54, 1.807) is 6.07 Å². The number of rotatable bonds is 2. The molecule has 0 N–H and O–H groups in total. The molecule has 0 radical (unpaired) electrons. The number of hydrogen-bond donors (Lipinski definition) is 0. The van der Waals surface area contributed by atoms with Gasteiger partial charge in [0.1, 0.15) is 6.54 Å². The molecule has 3 rings (SSSR count). The molecule has 5 nitrogen and oxygen atoms in total. The summed E-state index contributed by atoms with van der Waals surface area (Å²) in [7, 11) is 0. The first-order valence-electron chi connectivity index (χ1n) is 7.87. The largest absolute Gasteiger partial charge is 0.423 e. The van der Waals surface area contributed by atoms with Gasteiger partial charge >= 0.3 is 5.97 Å². The molecule has 1 saturated heterocycles. The molecule has 0 aromatic heterocycles. The van der Waals surface area contributed by atoms with Gasteiger partial charge in [-0.2, -0.15) is 0 Å². The maximum Gasteiger partial charge on any atom is 0.331 e. The lowest BCUT2D eigenvalue weighted by Gasteiger charge is -2.35. The fourth-order valence-electron chi connectivity index (χ4n) is 3.18.